The minimum Gasteiger partial charge on any atom is -0.352 e. The zero-order valence-electron chi connectivity index (χ0n) is 22.9. The van der Waals surface area contributed by atoms with E-state index < -0.39 is 28.5 Å². The highest BCUT2D eigenvalue weighted by Gasteiger charge is 2.34. The Bertz CT molecular complexity index is 1410. The molecule has 1 atom stereocenters. The van der Waals surface area contributed by atoms with Crippen LogP contribution in [0.1, 0.15) is 42.4 Å². The second-order valence-corrected chi connectivity index (χ2v) is 12.7. The molecule has 1 unspecified atom stereocenters. The molecular formula is C31H36ClN3O4S. The van der Waals surface area contributed by atoms with E-state index in [1.807, 2.05) is 60.7 Å². The fourth-order valence-corrected chi connectivity index (χ4v) is 6.23. The third-order valence-corrected chi connectivity index (χ3v) is 8.89. The molecule has 1 aliphatic rings. The van der Waals surface area contributed by atoms with Crippen LogP contribution in [0, 0.1) is 6.92 Å². The second-order valence-electron chi connectivity index (χ2n) is 10.4. The summed E-state index contributed by atoms with van der Waals surface area (Å²) in [6, 6.07) is 23.2. The summed E-state index contributed by atoms with van der Waals surface area (Å²) in [6.45, 7) is 1.41. The number of benzene rings is 3. The predicted molar refractivity (Wildman–Crippen MR) is 160 cm³/mol. The van der Waals surface area contributed by atoms with Crippen molar-refractivity contribution in [3.05, 3.63) is 101 Å². The van der Waals surface area contributed by atoms with Gasteiger partial charge in [-0.05, 0) is 48.6 Å². The van der Waals surface area contributed by atoms with Crippen LogP contribution < -0.4 is 9.62 Å². The zero-order chi connectivity index (χ0) is 28.7. The number of sulfonamides is 1. The Labute approximate surface area is 242 Å². The lowest BCUT2D eigenvalue weighted by Crippen LogP contribution is -2.54. The Balaban J connectivity index is 1.73. The van der Waals surface area contributed by atoms with E-state index in [9.17, 15) is 18.0 Å². The van der Waals surface area contributed by atoms with Gasteiger partial charge in [-0.1, -0.05) is 91.2 Å². The van der Waals surface area contributed by atoms with Gasteiger partial charge in [-0.15, -0.1) is 0 Å². The molecule has 0 radical (unpaired) electrons. The summed E-state index contributed by atoms with van der Waals surface area (Å²) < 4.78 is 27.0. The Hall–Kier alpha value is -3.36. The number of hydrogen-bond donors (Lipinski definition) is 1. The summed E-state index contributed by atoms with van der Waals surface area (Å²) >= 11 is 6.31. The first-order chi connectivity index (χ1) is 19.1. The molecule has 1 aliphatic carbocycles. The standard InChI is InChI=1S/C31H36ClN3O4S/c1-23-27(32)18-11-19-28(23)35(40(2,38)39)22-30(36)34(21-25-14-7-4-8-15-25)29(20-24-12-5-3-6-13-24)31(37)33-26-16-9-10-17-26/h3-8,11-15,18-19,26,29H,9-10,16-17,20-22H2,1-2H3,(H,33,37). The van der Waals surface area contributed by atoms with E-state index in [0.29, 0.717) is 22.7 Å². The number of nitrogens with one attached hydrogen (secondary N) is 1. The normalized spacial score (nSPS) is 14.5. The fourth-order valence-electron chi connectivity index (χ4n) is 5.16. The van der Waals surface area contributed by atoms with Crippen molar-refractivity contribution in [2.24, 2.45) is 0 Å². The van der Waals surface area contributed by atoms with Crippen LogP contribution in [0.2, 0.25) is 5.02 Å². The molecular weight excluding hydrogens is 546 g/mol. The van der Waals surface area contributed by atoms with Crippen molar-refractivity contribution >= 4 is 39.1 Å². The molecule has 0 aromatic heterocycles. The van der Waals surface area contributed by atoms with Crippen molar-refractivity contribution in [3.63, 3.8) is 0 Å². The number of nitrogens with zero attached hydrogens (tertiary/aromatic N) is 2. The Morgan fingerprint density at radius 3 is 2.12 bits per heavy atom. The summed E-state index contributed by atoms with van der Waals surface area (Å²) in [5.41, 5.74) is 2.63. The van der Waals surface area contributed by atoms with E-state index in [2.05, 4.69) is 5.32 Å². The summed E-state index contributed by atoms with van der Waals surface area (Å²) in [5, 5.41) is 3.57. The van der Waals surface area contributed by atoms with Gasteiger partial charge in [0, 0.05) is 24.0 Å². The predicted octanol–water partition coefficient (Wildman–Crippen LogP) is 5.11. The van der Waals surface area contributed by atoms with Crippen molar-refractivity contribution in [1.29, 1.82) is 0 Å². The van der Waals surface area contributed by atoms with E-state index >= 15 is 0 Å². The minimum absolute atomic E-state index is 0.0704. The molecule has 0 aliphatic heterocycles. The SMILES string of the molecule is Cc1c(Cl)cccc1N(CC(=O)N(Cc1ccccc1)C(Cc1ccccc1)C(=O)NC1CCCC1)S(C)(=O)=O. The number of carbonyl (C=O) groups is 2. The molecule has 0 saturated heterocycles. The van der Waals surface area contributed by atoms with E-state index in [4.69, 9.17) is 11.6 Å². The average Bonchev–Trinajstić information content (AvgIpc) is 3.44. The molecule has 0 spiro atoms. The molecule has 7 nitrogen and oxygen atoms in total. The number of rotatable bonds is 11. The van der Waals surface area contributed by atoms with Crippen molar-refractivity contribution < 1.29 is 18.0 Å². The van der Waals surface area contributed by atoms with Crippen LogP contribution in [0.25, 0.3) is 0 Å². The summed E-state index contributed by atoms with van der Waals surface area (Å²) in [4.78, 5) is 29.5. The Kier molecular flexibility index (Phi) is 9.87. The monoisotopic (exact) mass is 581 g/mol. The van der Waals surface area contributed by atoms with Gasteiger partial charge < -0.3 is 10.2 Å². The Morgan fingerprint density at radius 1 is 0.925 bits per heavy atom. The maximum absolute atomic E-state index is 14.2. The molecule has 2 amide bonds. The lowest BCUT2D eigenvalue weighted by Gasteiger charge is -2.34. The number of carbonyl (C=O) groups excluding carboxylic acids is 2. The number of halogens is 1. The van der Waals surface area contributed by atoms with Crippen molar-refractivity contribution in [2.45, 2.75) is 57.7 Å². The third-order valence-electron chi connectivity index (χ3n) is 7.36. The molecule has 0 bridgehead atoms. The smallest absolute Gasteiger partial charge is 0.244 e. The van der Waals surface area contributed by atoms with Gasteiger partial charge in [-0.25, -0.2) is 8.42 Å². The molecule has 1 fully saturated rings. The first-order valence-electron chi connectivity index (χ1n) is 13.5. The minimum atomic E-state index is -3.86. The van der Waals surface area contributed by atoms with Gasteiger partial charge in [-0.3, -0.25) is 13.9 Å². The second kappa shape index (κ2) is 13.3. The molecule has 40 heavy (non-hydrogen) atoms. The van der Waals surface area contributed by atoms with E-state index in [1.165, 1.54) is 4.90 Å². The van der Waals surface area contributed by atoms with Gasteiger partial charge in [0.25, 0.3) is 0 Å². The molecule has 1 N–H and O–H groups in total. The molecule has 212 valence electrons. The number of hydrogen-bond acceptors (Lipinski definition) is 4. The van der Waals surface area contributed by atoms with Crippen LogP contribution in [-0.2, 0) is 32.6 Å². The number of amides is 2. The van der Waals surface area contributed by atoms with Crippen molar-refractivity contribution in [2.75, 3.05) is 17.1 Å². The largest absolute Gasteiger partial charge is 0.352 e. The topological polar surface area (TPSA) is 86.8 Å². The lowest BCUT2D eigenvalue weighted by atomic mass is 10.0. The Morgan fingerprint density at radius 2 is 1.52 bits per heavy atom. The highest BCUT2D eigenvalue weighted by atomic mass is 35.5. The lowest BCUT2D eigenvalue weighted by molar-refractivity contribution is -0.140. The fraction of sp³-hybridized carbons (Fsp3) is 0.355. The van der Waals surface area contributed by atoms with Crippen LogP contribution in [-0.4, -0.2) is 50.0 Å². The first-order valence-corrected chi connectivity index (χ1v) is 15.8. The highest BCUT2D eigenvalue weighted by molar-refractivity contribution is 7.92. The third kappa shape index (κ3) is 7.64. The van der Waals surface area contributed by atoms with Gasteiger partial charge in [0.2, 0.25) is 21.8 Å². The van der Waals surface area contributed by atoms with Crippen molar-refractivity contribution in [1.82, 2.24) is 10.2 Å². The molecule has 0 heterocycles. The van der Waals surface area contributed by atoms with Gasteiger partial charge in [0.05, 0.1) is 11.9 Å². The molecule has 3 aromatic carbocycles. The van der Waals surface area contributed by atoms with Crippen LogP contribution in [0.3, 0.4) is 0 Å². The van der Waals surface area contributed by atoms with Crippen LogP contribution in [0.5, 0.6) is 0 Å². The first kappa shape index (κ1) is 29.6. The van der Waals surface area contributed by atoms with Crippen LogP contribution in [0.15, 0.2) is 78.9 Å². The molecule has 1 saturated carbocycles. The van der Waals surface area contributed by atoms with Gasteiger partial charge >= 0.3 is 0 Å². The maximum Gasteiger partial charge on any atom is 0.244 e. The van der Waals surface area contributed by atoms with Crippen LogP contribution >= 0.6 is 11.6 Å². The summed E-state index contributed by atoms with van der Waals surface area (Å²) in [5.74, 6) is -0.707. The quantitative estimate of drug-likeness (QED) is 0.341. The van der Waals surface area contributed by atoms with Gasteiger partial charge in [-0.2, -0.15) is 0 Å². The van der Waals surface area contributed by atoms with E-state index in [-0.39, 0.29) is 18.5 Å². The van der Waals surface area contributed by atoms with Gasteiger partial charge in [0.15, 0.2) is 0 Å². The highest BCUT2D eigenvalue weighted by Crippen LogP contribution is 2.29. The molecule has 9 heteroatoms. The molecule has 3 aromatic rings. The number of anilines is 1. The summed E-state index contributed by atoms with van der Waals surface area (Å²) in [7, 11) is -3.86. The van der Waals surface area contributed by atoms with Crippen molar-refractivity contribution in [3.8, 4) is 0 Å². The van der Waals surface area contributed by atoms with Crippen LogP contribution in [0.4, 0.5) is 5.69 Å². The van der Waals surface area contributed by atoms with Gasteiger partial charge in [0.1, 0.15) is 12.6 Å². The zero-order valence-corrected chi connectivity index (χ0v) is 24.5. The van der Waals surface area contributed by atoms with E-state index in [1.54, 1.807) is 25.1 Å². The average molecular weight is 582 g/mol. The molecule has 4 rings (SSSR count). The maximum atomic E-state index is 14.2. The van der Waals surface area contributed by atoms with E-state index in [0.717, 1.165) is 47.4 Å². The summed E-state index contributed by atoms with van der Waals surface area (Å²) in [6.07, 6.45) is 5.30.